The zero-order chi connectivity index (χ0) is 16.2. The lowest BCUT2D eigenvalue weighted by atomic mass is 9.90. The summed E-state index contributed by atoms with van der Waals surface area (Å²) in [5.74, 6) is 1.02. The first-order valence-corrected chi connectivity index (χ1v) is 7.70. The third kappa shape index (κ3) is 5.88. The molecule has 0 radical (unpaired) electrons. The smallest absolute Gasteiger partial charge is 0.129 e. The lowest BCUT2D eigenvalue weighted by molar-refractivity contribution is 0.560. The van der Waals surface area contributed by atoms with E-state index in [0.29, 0.717) is 6.04 Å². The third-order valence-electron chi connectivity index (χ3n) is 3.25. The zero-order valence-electron chi connectivity index (χ0n) is 14.7. The molecule has 21 heavy (non-hydrogen) atoms. The molecule has 0 spiro atoms. The topological polar surface area (TPSA) is 28.2 Å². The minimum Gasteiger partial charge on any atom is -0.356 e. The van der Waals surface area contributed by atoms with Crippen LogP contribution < -0.4 is 10.2 Å². The first kappa shape index (κ1) is 17.7. The van der Waals surface area contributed by atoms with E-state index in [2.05, 4.69) is 70.6 Å². The summed E-state index contributed by atoms with van der Waals surface area (Å²) in [5.41, 5.74) is 3.61. The summed E-state index contributed by atoms with van der Waals surface area (Å²) in [6.45, 7) is 18.7. The number of hydrogen-bond donors (Lipinski definition) is 1. The van der Waals surface area contributed by atoms with Crippen LogP contribution in [0.2, 0.25) is 0 Å². The Morgan fingerprint density at radius 3 is 2.43 bits per heavy atom. The fourth-order valence-electron chi connectivity index (χ4n) is 2.06. The second-order valence-corrected chi connectivity index (χ2v) is 7.32. The molecule has 1 aromatic rings. The van der Waals surface area contributed by atoms with Crippen LogP contribution in [0.15, 0.2) is 24.3 Å². The average Bonchev–Trinajstić information content (AvgIpc) is 2.34. The molecule has 0 aromatic carbocycles. The van der Waals surface area contributed by atoms with Gasteiger partial charge in [-0.25, -0.2) is 4.98 Å². The number of hydrogen-bond acceptors (Lipinski definition) is 3. The summed E-state index contributed by atoms with van der Waals surface area (Å²) < 4.78 is 0. The van der Waals surface area contributed by atoms with Crippen molar-refractivity contribution in [3.8, 4) is 0 Å². The number of nitrogens with one attached hydrogen (secondary N) is 1. The van der Waals surface area contributed by atoms with E-state index in [9.17, 15) is 0 Å². The Balaban J connectivity index is 3.11. The predicted molar refractivity (Wildman–Crippen MR) is 93.0 cm³/mol. The van der Waals surface area contributed by atoms with Crippen LogP contribution >= 0.6 is 0 Å². The van der Waals surface area contributed by atoms with Gasteiger partial charge in [0.15, 0.2) is 0 Å². The van der Waals surface area contributed by atoms with Gasteiger partial charge in [0.25, 0.3) is 0 Å². The normalized spacial score (nSPS) is 11.8. The maximum atomic E-state index is 4.84. The summed E-state index contributed by atoms with van der Waals surface area (Å²) >= 11 is 0. The van der Waals surface area contributed by atoms with Gasteiger partial charge in [-0.3, -0.25) is 0 Å². The van der Waals surface area contributed by atoms with Crippen molar-refractivity contribution in [1.82, 2.24) is 10.3 Å². The number of aromatic nitrogens is 1. The van der Waals surface area contributed by atoms with Crippen molar-refractivity contribution in [2.24, 2.45) is 0 Å². The van der Waals surface area contributed by atoms with Crippen LogP contribution in [0.5, 0.6) is 0 Å². The highest BCUT2D eigenvalue weighted by molar-refractivity contribution is 5.44. The van der Waals surface area contributed by atoms with Gasteiger partial charge in [-0.2, -0.15) is 0 Å². The Morgan fingerprint density at radius 1 is 1.33 bits per heavy atom. The summed E-state index contributed by atoms with van der Waals surface area (Å²) in [6, 6.07) is 4.87. The number of pyridine rings is 1. The number of anilines is 1. The van der Waals surface area contributed by atoms with Crippen LogP contribution in [0.4, 0.5) is 5.82 Å². The Kier molecular flexibility index (Phi) is 5.97. The number of rotatable bonds is 6. The molecule has 118 valence electrons. The molecule has 1 heterocycles. The van der Waals surface area contributed by atoms with Gasteiger partial charge >= 0.3 is 0 Å². The van der Waals surface area contributed by atoms with Gasteiger partial charge in [0, 0.05) is 37.3 Å². The molecule has 0 saturated heterocycles. The van der Waals surface area contributed by atoms with E-state index in [1.54, 1.807) is 0 Å². The van der Waals surface area contributed by atoms with E-state index in [0.717, 1.165) is 30.2 Å². The van der Waals surface area contributed by atoms with Crippen molar-refractivity contribution >= 4 is 5.82 Å². The summed E-state index contributed by atoms with van der Waals surface area (Å²) in [7, 11) is 2.07. The van der Waals surface area contributed by atoms with Gasteiger partial charge in [0.05, 0.1) is 0 Å². The zero-order valence-corrected chi connectivity index (χ0v) is 14.7. The molecule has 0 aliphatic carbocycles. The minimum atomic E-state index is 0.0483. The van der Waals surface area contributed by atoms with Crippen molar-refractivity contribution in [3.63, 3.8) is 0 Å². The largest absolute Gasteiger partial charge is 0.356 e. The molecule has 3 nitrogen and oxygen atoms in total. The standard InChI is InChI=1S/C18H31N3/c1-13(2)12-21(8)17-10-15(11-19-14(3)4)9-16(20-17)18(5,6)7/h9-10,14,19H,1,11-12H2,2-8H3. The van der Waals surface area contributed by atoms with Crippen LogP contribution in [0.3, 0.4) is 0 Å². The fourth-order valence-corrected chi connectivity index (χ4v) is 2.06. The Bertz CT molecular complexity index is 484. The first-order valence-electron chi connectivity index (χ1n) is 7.70. The first-order chi connectivity index (χ1) is 9.59. The lowest BCUT2D eigenvalue weighted by Gasteiger charge is -2.24. The molecule has 0 aliphatic heterocycles. The molecule has 0 aliphatic rings. The highest BCUT2D eigenvalue weighted by Crippen LogP contribution is 2.25. The van der Waals surface area contributed by atoms with Gasteiger partial charge in [-0.1, -0.05) is 46.8 Å². The van der Waals surface area contributed by atoms with Crippen molar-refractivity contribution in [3.05, 3.63) is 35.5 Å². The molecular formula is C18H31N3. The Labute approximate surface area is 130 Å². The van der Waals surface area contributed by atoms with Crippen molar-refractivity contribution in [2.45, 2.75) is 59.5 Å². The summed E-state index contributed by atoms with van der Waals surface area (Å²) in [6.07, 6.45) is 0. The highest BCUT2D eigenvalue weighted by atomic mass is 15.2. The molecule has 1 rings (SSSR count). The van der Waals surface area contributed by atoms with E-state index in [1.165, 1.54) is 5.56 Å². The van der Waals surface area contributed by atoms with Gasteiger partial charge in [0.1, 0.15) is 5.82 Å². The summed E-state index contributed by atoms with van der Waals surface area (Å²) in [4.78, 5) is 7.00. The molecule has 0 unspecified atom stereocenters. The molecule has 3 heteroatoms. The van der Waals surface area contributed by atoms with E-state index < -0.39 is 0 Å². The second kappa shape index (κ2) is 7.08. The molecule has 1 aromatic heterocycles. The molecule has 0 saturated carbocycles. The van der Waals surface area contributed by atoms with Crippen LogP contribution in [0.25, 0.3) is 0 Å². The van der Waals surface area contributed by atoms with E-state index in [4.69, 9.17) is 4.98 Å². The van der Waals surface area contributed by atoms with Gasteiger partial charge in [0.2, 0.25) is 0 Å². The molecule has 0 amide bonds. The summed E-state index contributed by atoms with van der Waals surface area (Å²) in [5, 5.41) is 3.48. The highest BCUT2D eigenvalue weighted by Gasteiger charge is 2.18. The molecule has 0 atom stereocenters. The van der Waals surface area contributed by atoms with Gasteiger partial charge in [-0.15, -0.1) is 0 Å². The molecular weight excluding hydrogens is 258 g/mol. The average molecular weight is 289 g/mol. The maximum Gasteiger partial charge on any atom is 0.129 e. The van der Waals surface area contributed by atoms with Gasteiger partial charge < -0.3 is 10.2 Å². The van der Waals surface area contributed by atoms with E-state index >= 15 is 0 Å². The number of likely N-dealkylation sites (N-methyl/N-ethyl adjacent to an activating group) is 1. The molecule has 1 N–H and O–H groups in total. The van der Waals surface area contributed by atoms with Crippen molar-refractivity contribution in [1.29, 1.82) is 0 Å². The Morgan fingerprint density at radius 2 is 1.95 bits per heavy atom. The SMILES string of the molecule is C=C(C)CN(C)c1cc(CNC(C)C)cc(C(C)(C)C)n1. The molecule has 0 fully saturated rings. The van der Waals surface area contributed by atoms with Crippen molar-refractivity contribution in [2.75, 3.05) is 18.5 Å². The predicted octanol–water partition coefficient (Wildman–Crippen LogP) is 3.89. The maximum absolute atomic E-state index is 4.84. The quantitative estimate of drug-likeness (QED) is 0.805. The van der Waals surface area contributed by atoms with Crippen molar-refractivity contribution < 1.29 is 0 Å². The van der Waals surface area contributed by atoms with E-state index in [1.807, 2.05) is 6.92 Å². The minimum absolute atomic E-state index is 0.0483. The van der Waals surface area contributed by atoms with Gasteiger partial charge in [-0.05, 0) is 24.6 Å². The lowest BCUT2D eigenvalue weighted by Crippen LogP contribution is -2.25. The molecule has 0 bridgehead atoms. The Hall–Kier alpha value is -1.35. The monoisotopic (exact) mass is 289 g/mol. The van der Waals surface area contributed by atoms with Crippen LogP contribution in [-0.2, 0) is 12.0 Å². The fraction of sp³-hybridized carbons (Fsp3) is 0.611. The van der Waals surface area contributed by atoms with E-state index in [-0.39, 0.29) is 5.41 Å². The third-order valence-corrected chi connectivity index (χ3v) is 3.25. The van der Waals surface area contributed by atoms with Crippen LogP contribution in [0.1, 0.15) is 52.8 Å². The van der Waals surface area contributed by atoms with Crippen LogP contribution in [-0.4, -0.2) is 24.6 Å². The number of nitrogens with zero attached hydrogens (tertiary/aromatic N) is 2. The second-order valence-electron chi connectivity index (χ2n) is 7.32. The van der Waals surface area contributed by atoms with Crippen LogP contribution in [0, 0.1) is 0 Å².